The Balaban J connectivity index is 2.51. The maximum atomic E-state index is 4.14. The average molecular weight is 177 g/mol. The molecule has 12 heavy (non-hydrogen) atoms. The van der Waals surface area contributed by atoms with Gasteiger partial charge in [0.25, 0.3) is 0 Å². The third-order valence-corrected chi connectivity index (χ3v) is 2.44. The van der Waals surface area contributed by atoms with Crippen molar-refractivity contribution in [2.24, 2.45) is 0 Å². The van der Waals surface area contributed by atoms with E-state index in [0.29, 0.717) is 0 Å². The Morgan fingerprint density at radius 3 is 2.50 bits per heavy atom. The van der Waals surface area contributed by atoms with Crippen molar-refractivity contribution in [1.29, 1.82) is 0 Å². The topological polar surface area (TPSA) is 38.7 Å². The predicted molar refractivity (Wildman–Crippen MR) is 47.9 cm³/mol. The fourth-order valence-electron chi connectivity index (χ4n) is 0.933. The van der Waals surface area contributed by atoms with Crippen molar-refractivity contribution >= 4 is 11.3 Å². The molecule has 0 spiro atoms. The third kappa shape index (κ3) is 1.21. The molecule has 0 aliphatic heterocycles. The van der Waals surface area contributed by atoms with Crippen LogP contribution in [0, 0.1) is 6.92 Å². The van der Waals surface area contributed by atoms with Gasteiger partial charge >= 0.3 is 0 Å². The summed E-state index contributed by atoms with van der Waals surface area (Å²) in [6, 6.07) is 1.81. The normalized spacial score (nSPS) is 10.1. The highest BCUT2D eigenvalue weighted by Crippen LogP contribution is 2.22. The first kappa shape index (κ1) is 7.36. The first-order valence-electron chi connectivity index (χ1n) is 3.55. The Morgan fingerprint density at radius 1 is 1.17 bits per heavy atom. The monoisotopic (exact) mass is 177 g/mol. The zero-order valence-electron chi connectivity index (χ0n) is 6.56. The minimum Gasteiger partial charge on any atom is -0.249 e. The molecule has 0 saturated heterocycles. The minimum atomic E-state index is 0.762. The molecule has 0 aromatic carbocycles. The standard InChI is InChI=1S/C8H7N3S/c1-6-7(12-5-11-6)8-9-3-2-4-10-8/h2-5H,1H3. The Morgan fingerprint density at radius 2 is 1.92 bits per heavy atom. The predicted octanol–water partition coefficient (Wildman–Crippen LogP) is 1.91. The van der Waals surface area contributed by atoms with Crippen molar-refractivity contribution in [2.75, 3.05) is 0 Å². The number of thiazole rings is 1. The minimum absolute atomic E-state index is 0.762. The van der Waals surface area contributed by atoms with Gasteiger partial charge in [-0.2, -0.15) is 0 Å². The molecule has 60 valence electrons. The van der Waals surface area contributed by atoms with Crippen LogP contribution in [0.2, 0.25) is 0 Å². The molecule has 0 fully saturated rings. The molecule has 0 N–H and O–H groups in total. The number of hydrogen-bond donors (Lipinski definition) is 0. The molecule has 0 saturated carbocycles. The number of aromatic nitrogens is 3. The number of aryl methyl sites for hydroxylation is 1. The molecule has 0 aliphatic rings. The first-order chi connectivity index (χ1) is 5.88. The lowest BCUT2D eigenvalue weighted by Gasteiger charge is -1.93. The Bertz CT molecular complexity index is 369. The second-order valence-electron chi connectivity index (χ2n) is 2.34. The van der Waals surface area contributed by atoms with Crippen molar-refractivity contribution in [2.45, 2.75) is 6.92 Å². The van der Waals surface area contributed by atoms with Gasteiger partial charge in [0.2, 0.25) is 0 Å². The molecule has 4 heteroatoms. The van der Waals surface area contributed by atoms with Crippen molar-refractivity contribution < 1.29 is 0 Å². The zero-order valence-corrected chi connectivity index (χ0v) is 7.38. The van der Waals surface area contributed by atoms with E-state index in [4.69, 9.17) is 0 Å². The summed E-state index contributed by atoms with van der Waals surface area (Å²) < 4.78 is 0. The Hall–Kier alpha value is -1.29. The summed E-state index contributed by atoms with van der Waals surface area (Å²) >= 11 is 1.57. The SMILES string of the molecule is Cc1ncsc1-c1ncccn1. The van der Waals surface area contributed by atoms with Crippen LogP contribution in [0.25, 0.3) is 10.7 Å². The molecule has 0 amide bonds. The van der Waals surface area contributed by atoms with Crippen LogP contribution in [0.1, 0.15) is 5.69 Å². The van der Waals surface area contributed by atoms with Crippen LogP contribution in [0.3, 0.4) is 0 Å². The first-order valence-corrected chi connectivity index (χ1v) is 4.43. The van der Waals surface area contributed by atoms with E-state index < -0.39 is 0 Å². The number of nitrogens with zero attached hydrogens (tertiary/aromatic N) is 3. The van der Waals surface area contributed by atoms with Crippen LogP contribution in [-0.4, -0.2) is 15.0 Å². The van der Waals surface area contributed by atoms with Gasteiger partial charge in [-0.25, -0.2) is 15.0 Å². The summed E-state index contributed by atoms with van der Waals surface area (Å²) in [7, 11) is 0. The van der Waals surface area contributed by atoms with Gasteiger partial charge in [-0.15, -0.1) is 11.3 Å². The van der Waals surface area contributed by atoms with E-state index in [2.05, 4.69) is 15.0 Å². The van der Waals surface area contributed by atoms with E-state index in [0.717, 1.165) is 16.4 Å². The largest absolute Gasteiger partial charge is 0.249 e. The highest BCUT2D eigenvalue weighted by atomic mass is 32.1. The van der Waals surface area contributed by atoms with Gasteiger partial charge < -0.3 is 0 Å². The lowest BCUT2D eigenvalue weighted by Crippen LogP contribution is -1.85. The molecular weight excluding hydrogens is 170 g/mol. The molecular formula is C8H7N3S. The summed E-state index contributed by atoms with van der Waals surface area (Å²) in [4.78, 5) is 13.5. The fraction of sp³-hybridized carbons (Fsp3) is 0.125. The summed E-state index contributed by atoms with van der Waals surface area (Å²) in [6.45, 7) is 1.96. The van der Waals surface area contributed by atoms with E-state index >= 15 is 0 Å². The summed E-state index contributed by atoms with van der Waals surface area (Å²) in [5.74, 6) is 0.762. The quantitative estimate of drug-likeness (QED) is 0.667. The molecule has 0 atom stereocenters. The second kappa shape index (κ2) is 2.98. The summed E-state index contributed by atoms with van der Waals surface area (Å²) in [5.41, 5.74) is 2.80. The highest BCUT2D eigenvalue weighted by molar-refractivity contribution is 7.13. The van der Waals surface area contributed by atoms with Crippen molar-refractivity contribution in [1.82, 2.24) is 15.0 Å². The van der Waals surface area contributed by atoms with Crippen LogP contribution < -0.4 is 0 Å². The van der Waals surface area contributed by atoms with Gasteiger partial charge in [-0.05, 0) is 13.0 Å². The van der Waals surface area contributed by atoms with Gasteiger partial charge in [-0.3, -0.25) is 0 Å². The molecule has 3 nitrogen and oxygen atoms in total. The summed E-state index contributed by atoms with van der Waals surface area (Å²) in [5, 5.41) is 0. The smallest absolute Gasteiger partial charge is 0.171 e. The van der Waals surface area contributed by atoms with Crippen molar-refractivity contribution in [3.8, 4) is 10.7 Å². The molecule has 2 aromatic rings. The summed E-state index contributed by atoms with van der Waals surface area (Å²) in [6.07, 6.45) is 3.48. The van der Waals surface area contributed by atoms with Crippen LogP contribution in [0.4, 0.5) is 0 Å². The molecule has 2 rings (SSSR count). The molecule has 0 aliphatic carbocycles. The van der Waals surface area contributed by atoms with Crippen LogP contribution >= 0.6 is 11.3 Å². The highest BCUT2D eigenvalue weighted by Gasteiger charge is 2.05. The van der Waals surface area contributed by atoms with Gasteiger partial charge in [0.05, 0.1) is 16.1 Å². The van der Waals surface area contributed by atoms with Crippen molar-refractivity contribution in [3.63, 3.8) is 0 Å². The van der Waals surface area contributed by atoms with Crippen LogP contribution in [0.15, 0.2) is 24.0 Å². The molecule has 2 aromatic heterocycles. The number of hydrogen-bond acceptors (Lipinski definition) is 4. The zero-order chi connectivity index (χ0) is 8.39. The maximum absolute atomic E-state index is 4.14. The number of rotatable bonds is 1. The van der Waals surface area contributed by atoms with Gasteiger partial charge in [0, 0.05) is 12.4 Å². The molecule has 0 radical (unpaired) electrons. The molecule has 2 heterocycles. The van der Waals surface area contributed by atoms with Crippen LogP contribution in [0.5, 0.6) is 0 Å². The third-order valence-electron chi connectivity index (χ3n) is 1.51. The molecule has 0 unspecified atom stereocenters. The van der Waals surface area contributed by atoms with E-state index in [1.807, 2.05) is 6.92 Å². The average Bonchev–Trinajstić information content (AvgIpc) is 2.53. The van der Waals surface area contributed by atoms with Gasteiger partial charge in [0.15, 0.2) is 5.82 Å². The maximum Gasteiger partial charge on any atom is 0.171 e. The van der Waals surface area contributed by atoms with Gasteiger partial charge in [0.1, 0.15) is 0 Å². The fourth-order valence-corrected chi connectivity index (χ4v) is 1.68. The van der Waals surface area contributed by atoms with Crippen molar-refractivity contribution in [3.05, 3.63) is 29.7 Å². The second-order valence-corrected chi connectivity index (χ2v) is 3.19. The van der Waals surface area contributed by atoms with E-state index in [-0.39, 0.29) is 0 Å². The Kier molecular flexibility index (Phi) is 1.83. The Labute approximate surface area is 74.2 Å². The lowest BCUT2D eigenvalue weighted by molar-refractivity contribution is 1.16. The van der Waals surface area contributed by atoms with E-state index in [1.165, 1.54) is 0 Å². The van der Waals surface area contributed by atoms with Crippen LogP contribution in [-0.2, 0) is 0 Å². The van der Waals surface area contributed by atoms with E-state index in [1.54, 1.807) is 35.3 Å². The van der Waals surface area contributed by atoms with E-state index in [9.17, 15) is 0 Å². The lowest BCUT2D eigenvalue weighted by atomic mass is 10.4. The van der Waals surface area contributed by atoms with Gasteiger partial charge in [-0.1, -0.05) is 0 Å². The molecule has 0 bridgehead atoms.